The molecule has 0 bridgehead atoms. The number of carbonyl (C=O) groups is 1. The summed E-state index contributed by atoms with van der Waals surface area (Å²) in [6.45, 7) is 13.6. The zero-order valence-electron chi connectivity index (χ0n) is 11.4. The van der Waals surface area contributed by atoms with Crippen LogP contribution in [0, 0.1) is 11.8 Å². The molecule has 0 saturated carbocycles. The Hall–Kier alpha value is -0.610. The van der Waals surface area contributed by atoms with Gasteiger partial charge in [0.2, 0.25) is 0 Å². The number of carbonyl (C=O) groups excluding carboxylic acids is 1. The van der Waals surface area contributed by atoms with E-state index in [1.807, 2.05) is 0 Å². The van der Waals surface area contributed by atoms with E-state index < -0.39 is 0 Å². The Kier molecular flexibility index (Phi) is 6.60. The molecule has 1 unspecified atom stereocenters. The number of hydrogen-bond donors (Lipinski definition) is 2. The van der Waals surface area contributed by atoms with E-state index in [4.69, 9.17) is 5.84 Å². The van der Waals surface area contributed by atoms with E-state index in [2.05, 4.69) is 51.9 Å². The summed E-state index contributed by atoms with van der Waals surface area (Å²) in [5.74, 6) is 5.95. The summed E-state index contributed by atoms with van der Waals surface area (Å²) < 4.78 is 0. The third-order valence-electron chi connectivity index (χ3n) is 2.64. The number of nitrogens with two attached hydrogens (primary N) is 1. The molecule has 0 fully saturated rings. The standard InChI is InChI=1S/C12H27N3O/c1-8(2)7-15(10(5)6)11(9(3)4)12(16)14-13/h8-11H,7,13H2,1-6H3,(H,14,16). The van der Waals surface area contributed by atoms with Crippen molar-refractivity contribution in [2.24, 2.45) is 17.7 Å². The Labute approximate surface area is 99.5 Å². The molecule has 0 aromatic heterocycles. The van der Waals surface area contributed by atoms with Crippen molar-refractivity contribution >= 4 is 5.91 Å². The minimum absolute atomic E-state index is 0.0932. The van der Waals surface area contributed by atoms with Gasteiger partial charge in [-0.3, -0.25) is 15.1 Å². The van der Waals surface area contributed by atoms with Crippen molar-refractivity contribution in [3.05, 3.63) is 0 Å². The highest BCUT2D eigenvalue weighted by atomic mass is 16.2. The predicted octanol–water partition coefficient (Wildman–Crippen LogP) is 1.37. The van der Waals surface area contributed by atoms with Gasteiger partial charge in [-0.2, -0.15) is 0 Å². The second-order valence-electron chi connectivity index (χ2n) is 5.38. The van der Waals surface area contributed by atoms with Crippen molar-refractivity contribution < 1.29 is 4.79 Å². The van der Waals surface area contributed by atoms with Gasteiger partial charge < -0.3 is 0 Å². The van der Waals surface area contributed by atoms with Crippen LogP contribution in [0.4, 0.5) is 0 Å². The van der Waals surface area contributed by atoms with Gasteiger partial charge in [0.15, 0.2) is 0 Å². The van der Waals surface area contributed by atoms with Crippen LogP contribution in [0.2, 0.25) is 0 Å². The van der Waals surface area contributed by atoms with Crippen molar-refractivity contribution in [1.82, 2.24) is 10.3 Å². The molecule has 4 heteroatoms. The molecule has 0 saturated heterocycles. The van der Waals surface area contributed by atoms with E-state index >= 15 is 0 Å². The Balaban J connectivity index is 4.87. The predicted molar refractivity (Wildman–Crippen MR) is 67.6 cm³/mol. The van der Waals surface area contributed by atoms with Crippen LogP contribution >= 0.6 is 0 Å². The molecule has 0 spiro atoms. The summed E-state index contributed by atoms with van der Waals surface area (Å²) in [6.07, 6.45) is 0. The van der Waals surface area contributed by atoms with Crippen molar-refractivity contribution in [2.75, 3.05) is 6.54 Å². The molecular weight excluding hydrogens is 202 g/mol. The first kappa shape index (κ1) is 15.4. The fourth-order valence-electron chi connectivity index (χ4n) is 1.99. The van der Waals surface area contributed by atoms with Crippen LogP contribution < -0.4 is 11.3 Å². The molecule has 4 nitrogen and oxygen atoms in total. The van der Waals surface area contributed by atoms with Crippen molar-refractivity contribution in [1.29, 1.82) is 0 Å². The van der Waals surface area contributed by atoms with Gasteiger partial charge in [0.25, 0.3) is 5.91 Å². The van der Waals surface area contributed by atoms with Gasteiger partial charge in [-0.15, -0.1) is 0 Å². The molecule has 1 atom stereocenters. The van der Waals surface area contributed by atoms with E-state index in [1.165, 1.54) is 0 Å². The van der Waals surface area contributed by atoms with Crippen LogP contribution in [-0.2, 0) is 4.79 Å². The number of amides is 1. The summed E-state index contributed by atoms with van der Waals surface area (Å²) >= 11 is 0. The molecule has 0 aliphatic carbocycles. The summed E-state index contributed by atoms with van der Waals surface area (Å²) in [5.41, 5.74) is 2.27. The third kappa shape index (κ3) is 4.49. The van der Waals surface area contributed by atoms with Crippen molar-refractivity contribution in [2.45, 2.75) is 53.6 Å². The maximum Gasteiger partial charge on any atom is 0.251 e. The summed E-state index contributed by atoms with van der Waals surface area (Å²) in [4.78, 5) is 14.0. The van der Waals surface area contributed by atoms with Gasteiger partial charge in [-0.05, 0) is 25.7 Å². The molecule has 96 valence electrons. The van der Waals surface area contributed by atoms with Gasteiger partial charge >= 0.3 is 0 Å². The third-order valence-corrected chi connectivity index (χ3v) is 2.64. The lowest BCUT2D eigenvalue weighted by molar-refractivity contribution is -0.129. The van der Waals surface area contributed by atoms with Gasteiger partial charge in [-0.1, -0.05) is 27.7 Å². The number of nitrogens with one attached hydrogen (secondary N) is 1. The second-order valence-corrected chi connectivity index (χ2v) is 5.38. The quantitative estimate of drug-likeness (QED) is 0.411. The van der Waals surface area contributed by atoms with Crippen LogP contribution in [0.1, 0.15) is 41.5 Å². The van der Waals surface area contributed by atoms with Gasteiger partial charge in [0.05, 0.1) is 6.04 Å². The Bertz CT molecular complexity index is 214. The monoisotopic (exact) mass is 229 g/mol. The zero-order chi connectivity index (χ0) is 12.9. The average Bonchev–Trinajstić information content (AvgIpc) is 2.14. The van der Waals surface area contributed by atoms with Crippen molar-refractivity contribution in [3.63, 3.8) is 0 Å². The summed E-state index contributed by atoms with van der Waals surface area (Å²) in [7, 11) is 0. The maximum absolute atomic E-state index is 11.8. The first-order chi connectivity index (χ1) is 7.31. The van der Waals surface area contributed by atoms with Crippen LogP contribution in [-0.4, -0.2) is 29.4 Å². The van der Waals surface area contributed by atoms with E-state index in [1.54, 1.807) is 0 Å². The SMILES string of the molecule is CC(C)CN(C(C)C)C(C(=O)NN)C(C)C. The van der Waals surface area contributed by atoms with Gasteiger partial charge in [0, 0.05) is 12.6 Å². The fraction of sp³-hybridized carbons (Fsp3) is 0.917. The van der Waals surface area contributed by atoms with E-state index in [9.17, 15) is 4.79 Å². The van der Waals surface area contributed by atoms with Crippen LogP contribution in [0.15, 0.2) is 0 Å². The highest BCUT2D eigenvalue weighted by molar-refractivity contribution is 5.81. The number of hydrogen-bond acceptors (Lipinski definition) is 3. The van der Waals surface area contributed by atoms with E-state index in [0.717, 1.165) is 6.54 Å². The molecule has 0 radical (unpaired) electrons. The van der Waals surface area contributed by atoms with E-state index in [0.29, 0.717) is 12.0 Å². The molecular formula is C12H27N3O. The first-order valence-electron chi connectivity index (χ1n) is 6.07. The lowest BCUT2D eigenvalue weighted by Gasteiger charge is -2.37. The smallest absolute Gasteiger partial charge is 0.251 e. The number of nitrogens with zero attached hydrogens (tertiary/aromatic N) is 1. The molecule has 0 aliphatic rings. The average molecular weight is 229 g/mol. The topological polar surface area (TPSA) is 58.4 Å². The van der Waals surface area contributed by atoms with Gasteiger partial charge in [0.1, 0.15) is 0 Å². The molecule has 1 amide bonds. The Morgan fingerprint density at radius 1 is 1.19 bits per heavy atom. The molecule has 0 aromatic carbocycles. The zero-order valence-corrected chi connectivity index (χ0v) is 11.4. The van der Waals surface area contributed by atoms with E-state index in [-0.39, 0.29) is 17.9 Å². The normalized spacial score (nSPS) is 13.9. The fourth-order valence-corrected chi connectivity index (χ4v) is 1.99. The molecule has 0 rings (SSSR count). The lowest BCUT2D eigenvalue weighted by atomic mass is 9.99. The van der Waals surface area contributed by atoms with Crippen LogP contribution in [0.3, 0.4) is 0 Å². The summed E-state index contributed by atoms with van der Waals surface area (Å²) in [6, 6.07) is 0.194. The first-order valence-corrected chi connectivity index (χ1v) is 6.07. The van der Waals surface area contributed by atoms with Crippen molar-refractivity contribution in [3.8, 4) is 0 Å². The number of rotatable bonds is 6. The Morgan fingerprint density at radius 3 is 1.94 bits per heavy atom. The molecule has 16 heavy (non-hydrogen) atoms. The summed E-state index contributed by atoms with van der Waals surface area (Å²) in [5, 5.41) is 0. The highest BCUT2D eigenvalue weighted by Gasteiger charge is 2.30. The molecule has 0 heterocycles. The largest absolute Gasteiger partial charge is 0.293 e. The van der Waals surface area contributed by atoms with Gasteiger partial charge in [-0.25, -0.2) is 5.84 Å². The lowest BCUT2D eigenvalue weighted by Crippen LogP contribution is -2.54. The van der Waals surface area contributed by atoms with Crippen LogP contribution in [0.25, 0.3) is 0 Å². The molecule has 0 aliphatic heterocycles. The highest BCUT2D eigenvalue weighted by Crippen LogP contribution is 2.16. The van der Waals surface area contributed by atoms with Crippen LogP contribution in [0.5, 0.6) is 0 Å². The minimum atomic E-state index is -0.146. The second kappa shape index (κ2) is 6.86. The molecule has 3 N–H and O–H groups in total. The Morgan fingerprint density at radius 2 is 1.69 bits per heavy atom. The number of hydrazine groups is 1. The minimum Gasteiger partial charge on any atom is -0.293 e. The maximum atomic E-state index is 11.8. The molecule has 0 aromatic rings.